The van der Waals surface area contributed by atoms with Gasteiger partial charge in [0.2, 0.25) is 0 Å². The van der Waals surface area contributed by atoms with Gasteiger partial charge in [-0.2, -0.15) is 0 Å². The van der Waals surface area contributed by atoms with Gasteiger partial charge in [0.15, 0.2) is 0 Å². The predicted molar refractivity (Wildman–Crippen MR) is 83.2 cm³/mol. The number of nitrogens with two attached hydrogens (primary N) is 1. The summed E-state index contributed by atoms with van der Waals surface area (Å²) in [5.74, 6) is 6.87. The maximum absolute atomic E-state index is 6.17. The van der Waals surface area contributed by atoms with Crippen LogP contribution in [-0.2, 0) is 12.8 Å². The van der Waals surface area contributed by atoms with Gasteiger partial charge in [0.05, 0.1) is 0 Å². The van der Waals surface area contributed by atoms with Crippen LogP contribution in [0.4, 0.5) is 5.82 Å². The standard InChI is InChI=1S/C14H16Cl2N4/c1-3-11-8(2)18-13(19-14(11)20-17)6-9-4-5-10(15)7-12(9)16/h4-5,7H,3,6,17H2,1-2H3,(H,18,19,20). The Kier molecular flexibility index (Phi) is 4.81. The molecule has 1 aromatic heterocycles. The summed E-state index contributed by atoms with van der Waals surface area (Å²) in [5, 5.41) is 1.22. The van der Waals surface area contributed by atoms with Crippen molar-refractivity contribution in [3.8, 4) is 0 Å². The van der Waals surface area contributed by atoms with Crippen LogP contribution in [0.5, 0.6) is 0 Å². The molecule has 3 N–H and O–H groups in total. The van der Waals surface area contributed by atoms with Crippen molar-refractivity contribution in [1.29, 1.82) is 0 Å². The molecule has 4 nitrogen and oxygen atoms in total. The highest BCUT2D eigenvalue weighted by Crippen LogP contribution is 2.24. The van der Waals surface area contributed by atoms with Gasteiger partial charge < -0.3 is 5.43 Å². The number of hydrogen-bond acceptors (Lipinski definition) is 4. The maximum atomic E-state index is 6.17. The van der Waals surface area contributed by atoms with Gasteiger partial charge in [-0.15, -0.1) is 0 Å². The number of rotatable bonds is 4. The highest BCUT2D eigenvalue weighted by atomic mass is 35.5. The van der Waals surface area contributed by atoms with Gasteiger partial charge in [0.25, 0.3) is 0 Å². The number of hydrogen-bond donors (Lipinski definition) is 2. The van der Waals surface area contributed by atoms with Gasteiger partial charge in [-0.05, 0) is 31.0 Å². The topological polar surface area (TPSA) is 63.8 Å². The van der Waals surface area contributed by atoms with E-state index in [9.17, 15) is 0 Å². The van der Waals surface area contributed by atoms with Gasteiger partial charge in [0.1, 0.15) is 11.6 Å². The largest absolute Gasteiger partial charge is 0.308 e. The summed E-state index contributed by atoms with van der Waals surface area (Å²) < 4.78 is 0. The first kappa shape index (κ1) is 15.0. The number of nitrogens with zero attached hydrogens (tertiary/aromatic N) is 2. The van der Waals surface area contributed by atoms with E-state index >= 15 is 0 Å². The minimum absolute atomic E-state index is 0.537. The lowest BCUT2D eigenvalue weighted by Gasteiger charge is -2.12. The Morgan fingerprint density at radius 1 is 1.25 bits per heavy atom. The van der Waals surface area contributed by atoms with Crippen LogP contribution in [0.15, 0.2) is 18.2 Å². The number of nitrogens with one attached hydrogen (secondary N) is 1. The fraction of sp³-hybridized carbons (Fsp3) is 0.286. The summed E-state index contributed by atoms with van der Waals surface area (Å²) in [6.45, 7) is 4.00. The fourth-order valence-corrected chi connectivity index (χ4v) is 2.59. The third-order valence-electron chi connectivity index (χ3n) is 3.11. The summed E-state index contributed by atoms with van der Waals surface area (Å²) in [7, 11) is 0. The van der Waals surface area contributed by atoms with Gasteiger partial charge in [-0.25, -0.2) is 15.8 Å². The molecule has 6 heteroatoms. The molecule has 1 aromatic carbocycles. The minimum atomic E-state index is 0.537. The summed E-state index contributed by atoms with van der Waals surface area (Å²) in [6, 6.07) is 5.40. The predicted octanol–water partition coefficient (Wildman–Crippen LogP) is 3.53. The van der Waals surface area contributed by atoms with Crippen LogP contribution in [0.2, 0.25) is 10.0 Å². The molecule has 0 aliphatic rings. The molecule has 0 unspecified atom stereocenters. The van der Waals surface area contributed by atoms with Gasteiger partial charge in [-0.3, -0.25) is 0 Å². The third-order valence-corrected chi connectivity index (χ3v) is 3.70. The zero-order valence-corrected chi connectivity index (χ0v) is 12.9. The lowest BCUT2D eigenvalue weighted by Crippen LogP contribution is -2.14. The van der Waals surface area contributed by atoms with Crippen molar-refractivity contribution in [1.82, 2.24) is 9.97 Å². The summed E-state index contributed by atoms with van der Waals surface area (Å²) in [4.78, 5) is 8.96. The highest BCUT2D eigenvalue weighted by molar-refractivity contribution is 6.35. The zero-order chi connectivity index (χ0) is 14.7. The zero-order valence-electron chi connectivity index (χ0n) is 11.4. The van der Waals surface area contributed by atoms with E-state index in [1.54, 1.807) is 12.1 Å². The number of benzene rings is 1. The number of aryl methyl sites for hydroxylation is 1. The van der Waals surface area contributed by atoms with Crippen LogP contribution in [0.1, 0.15) is 29.6 Å². The van der Waals surface area contributed by atoms with E-state index in [0.29, 0.717) is 28.1 Å². The SMILES string of the molecule is CCc1c(C)nc(Cc2ccc(Cl)cc2Cl)nc1NN. The molecular formula is C14H16Cl2N4. The van der Waals surface area contributed by atoms with E-state index in [4.69, 9.17) is 29.0 Å². The van der Waals surface area contributed by atoms with Crippen molar-refractivity contribution in [2.75, 3.05) is 5.43 Å². The summed E-state index contributed by atoms with van der Waals surface area (Å²) >= 11 is 12.1. The molecule has 0 aliphatic carbocycles. The van der Waals surface area contributed by atoms with Crippen molar-refractivity contribution in [2.24, 2.45) is 5.84 Å². The third kappa shape index (κ3) is 3.20. The molecule has 2 rings (SSSR count). The molecule has 0 bridgehead atoms. The number of aromatic nitrogens is 2. The van der Waals surface area contributed by atoms with Crippen LogP contribution >= 0.6 is 23.2 Å². The number of hydrazine groups is 1. The van der Waals surface area contributed by atoms with E-state index in [0.717, 1.165) is 23.2 Å². The van der Waals surface area contributed by atoms with E-state index in [1.807, 2.05) is 19.9 Å². The Hall–Kier alpha value is -1.36. The molecule has 0 atom stereocenters. The van der Waals surface area contributed by atoms with Crippen molar-refractivity contribution in [3.63, 3.8) is 0 Å². The first-order chi connectivity index (χ1) is 9.55. The minimum Gasteiger partial charge on any atom is -0.308 e. The highest BCUT2D eigenvalue weighted by Gasteiger charge is 2.11. The average molecular weight is 311 g/mol. The molecule has 0 saturated carbocycles. The smallest absolute Gasteiger partial charge is 0.147 e. The van der Waals surface area contributed by atoms with Gasteiger partial charge >= 0.3 is 0 Å². The van der Waals surface area contributed by atoms with Crippen LogP contribution in [0.25, 0.3) is 0 Å². The second-order valence-electron chi connectivity index (χ2n) is 4.46. The Morgan fingerprint density at radius 2 is 2.00 bits per heavy atom. The van der Waals surface area contributed by atoms with E-state index in [-0.39, 0.29) is 0 Å². The molecule has 1 heterocycles. The van der Waals surface area contributed by atoms with Crippen molar-refractivity contribution in [2.45, 2.75) is 26.7 Å². The van der Waals surface area contributed by atoms with Crippen molar-refractivity contribution < 1.29 is 0 Å². The first-order valence-electron chi connectivity index (χ1n) is 6.32. The maximum Gasteiger partial charge on any atom is 0.147 e. The quantitative estimate of drug-likeness (QED) is 0.670. The molecular weight excluding hydrogens is 295 g/mol. The Morgan fingerprint density at radius 3 is 2.60 bits per heavy atom. The molecule has 106 valence electrons. The molecule has 20 heavy (non-hydrogen) atoms. The fourth-order valence-electron chi connectivity index (χ4n) is 2.11. The lowest BCUT2D eigenvalue weighted by atomic mass is 10.1. The molecule has 0 saturated heterocycles. The average Bonchev–Trinajstić information content (AvgIpc) is 2.41. The van der Waals surface area contributed by atoms with Gasteiger partial charge in [-0.1, -0.05) is 36.2 Å². The Bertz CT molecular complexity index is 629. The number of anilines is 1. The second kappa shape index (κ2) is 6.39. The molecule has 2 aromatic rings. The summed E-state index contributed by atoms with van der Waals surface area (Å²) in [5.41, 5.74) is 5.52. The van der Waals surface area contributed by atoms with E-state index < -0.39 is 0 Å². The summed E-state index contributed by atoms with van der Waals surface area (Å²) in [6.07, 6.45) is 1.36. The number of halogens is 2. The molecule has 0 spiro atoms. The molecule has 0 amide bonds. The number of nitrogen functional groups attached to an aromatic ring is 1. The normalized spacial score (nSPS) is 10.7. The van der Waals surface area contributed by atoms with Gasteiger partial charge in [0, 0.05) is 27.7 Å². The van der Waals surface area contributed by atoms with Crippen LogP contribution in [-0.4, -0.2) is 9.97 Å². The molecule has 0 radical (unpaired) electrons. The first-order valence-corrected chi connectivity index (χ1v) is 7.07. The van der Waals surface area contributed by atoms with Crippen LogP contribution in [0.3, 0.4) is 0 Å². The van der Waals surface area contributed by atoms with Crippen LogP contribution < -0.4 is 11.3 Å². The van der Waals surface area contributed by atoms with E-state index in [1.165, 1.54) is 0 Å². The Balaban J connectivity index is 2.36. The van der Waals surface area contributed by atoms with Crippen molar-refractivity contribution >= 4 is 29.0 Å². The monoisotopic (exact) mass is 310 g/mol. The molecule has 0 fully saturated rings. The Labute approximate surface area is 128 Å². The van der Waals surface area contributed by atoms with Crippen molar-refractivity contribution in [3.05, 3.63) is 50.9 Å². The van der Waals surface area contributed by atoms with E-state index in [2.05, 4.69) is 15.4 Å². The molecule has 0 aliphatic heterocycles. The second-order valence-corrected chi connectivity index (χ2v) is 5.31. The lowest BCUT2D eigenvalue weighted by molar-refractivity contribution is 0.903. The van der Waals surface area contributed by atoms with Crippen LogP contribution in [0, 0.1) is 6.92 Å².